The van der Waals surface area contributed by atoms with Crippen LogP contribution in [0, 0.1) is 0 Å². The molecule has 0 aliphatic carbocycles. The molecule has 0 fully saturated rings. The standard InChI is InChI=1S/C18H20O4/c1-2-20-18(19)12-13-21-16-8-10-17(11-9-16)22-14-15-6-4-3-5-7-15/h3-11H,2,12-14H2,1H3. The van der Waals surface area contributed by atoms with Gasteiger partial charge in [0.25, 0.3) is 0 Å². The molecule has 4 nitrogen and oxygen atoms in total. The fourth-order valence-corrected chi connectivity index (χ4v) is 1.86. The van der Waals surface area contributed by atoms with Gasteiger partial charge in [-0.2, -0.15) is 0 Å². The third-order valence-electron chi connectivity index (χ3n) is 2.95. The summed E-state index contributed by atoms with van der Waals surface area (Å²) in [7, 11) is 0. The van der Waals surface area contributed by atoms with E-state index in [2.05, 4.69) is 0 Å². The molecule has 4 heteroatoms. The van der Waals surface area contributed by atoms with E-state index in [-0.39, 0.29) is 12.4 Å². The third-order valence-corrected chi connectivity index (χ3v) is 2.95. The molecule has 0 aliphatic rings. The highest BCUT2D eigenvalue weighted by Crippen LogP contribution is 2.18. The van der Waals surface area contributed by atoms with Gasteiger partial charge in [-0.3, -0.25) is 4.79 Å². The fraction of sp³-hybridized carbons (Fsp3) is 0.278. The van der Waals surface area contributed by atoms with Crippen LogP contribution in [0.15, 0.2) is 54.6 Å². The number of carbonyl (C=O) groups is 1. The second kappa shape index (κ2) is 8.72. The first-order chi connectivity index (χ1) is 10.8. The molecule has 2 aromatic rings. The average Bonchev–Trinajstić information content (AvgIpc) is 2.55. The van der Waals surface area contributed by atoms with Crippen LogP contribution in [0.4, 0.5) is 0 Å². The molecule has 0 aromatic heterocycles. The smallest absolute Gasteiger partial charge is 0.309 e. The summed E-state index contributed by atoms with van der Waals surface area (Å²) < 4.78 is 16.0. The van der Waals surface area contributed by atoms with Crippen molar-refractivity contribution in [3.8, 4) is 11.5 Å². The van der Waals surface area contributed by atoms with Gasteiger partial charge in [-0.15, -0.1) is 0 Å². The van der Waals surface area contributed by atoms with Crippen molar-refractivity contribution < 1.29 is 19.0 Å². The van der Waals surface area contributed by atoms with E-state index in [9.17, 15) is 4.79 Å². The van der Waals surface area contributed by atoms with Crippen molar-refractivity contribution in [1.29, 1.82) is 0 Å². The lowest BCUT2D eigenvalue weighted by atomic mass is 10.2. The van der Waals surface area contributed by atoms with Gasteiger partial charge < -0.3 is 14.2 Å². The summed E-state index contributed by atoms with van der Waals surface area (Å²) in [6.45, 7) is 3.02. The summed E-state index contributed by atoms with van der Waals surface area (Å²) in [4.78, 5) is 11.2. The van der Waals surface area contributed by atoms with Crippen molar-refractivity contribution in [2.24, 2.45) is 0 Å². The molecule has 0 unspecified atom stereocenters. The molecule has 2 rings (SSSR count). The minimum Gasteiger partial charge on any atom is -0.493 e. The highest BCUT2D eigenvalue weighted by molar-refractivity contribution is 5.69. The Bertz CT molecular complexity index is 563. The topological polar surface area (TPSA) is 44.8 Å². The zero-order chi connectivity index (χ0) is 15.6. The third kappa shape index (κ3) is 5.48. The lowest BCUT2D eigenvalue weighted by Gasteiger charge is -2.08. The molecule has 116 valence electrons. The van der Waals surface area contributed by atoms with Crippen LogP contribution >= 0.6 is 0 Å². The molecule has 22 heavy (non-hydrogen) atoms. The Hall–Kier alpha value is -2.49. The molecule has 0 heterocycles. The van der Waals surface area contributed by atoms with Gasteiger partial charge in [0, 0.05) is 0 Å². The van der Waals surface area contributed by atoms with E-state index in [0.717, 1.165) is 11.3 Å². The van der Waals surface area contributed by atoms with E-state index in [4.69, 9.17) is 14.2 Å². The summed E-state index contributed by atoms with van der Waals surface area (Å²) in [5.41, 5.74) is 1.12. The minimum atomic E-state index is -0.245. The van der Waals surface area contributed by atoms with Crippen molar-refractivity contribution in [1.82, 2.24) is 0 Å². The second-order valence-electron chi connectivity index (χ2n) is 4.65. The van der Waals surface area contributed by atoms with Crippen LogP contribution < -0.4 is 9.47 Å². The van der Waals surface area contributed by atoms with Crippen LogP contribution in [0.2, 0.25) is 0 Å². The van der Waals surface area contributed by atoms with Gasteiger partial charge in [0.1, 0.15) is 18.1 Å². The molecular weight excluding hydrogens is 280 g/mol. The number of hydrogen-bond acceptors (Lipinski definition) is 4. The van der Waals surface area contributed by atoms with E-state index >= 15 is 0 Å². The Morgan fingerprint density at radius 1 is 0.909 bits per heavy atom. The van der Waals surface area contributed by atoms with Gasteiger partial charge in [-0.25, -0.2) is 0 Å². The van der Waals surface area contributed by atoms with Gasteiger partial charge in [-0.1, -0.05) is 30.3 Å². The van der Waals surface area contributed by atoms with Crippen molar-refractivity contribution in [2.45, 2.75) is 20.0 Å². The lowest BCUT2D eigenvalue weighted by molar-refractivity contribution is -0.143. The first-order valence-electron chi connectivity index (χ1n) is 7.33. The number of benzene rings is 2. The monoisotopic (exact) mass is 300 g/mol. The SMILES string of the molecule is CCOC(=O)CCOc1ccc(OCc2ccccc2)cc1. The van der Waals surface area contributed by atoms with E-state index in [1.165, 1.54) is 0 Å². The highest BCUT2D eigenvalue weighted by Gasteiger charge is 2.02. The zero-order valence-electron chi connectivity index (χ0n) is 12.7. The number of hydrogen-bond donors (Lipinski definition) is 0. The summed E-state index contributed by atoms with van der Waals surface area (Å²) in [5.74, 6) is 1.24. The number of ether oxygens (including phenoxy) is 3. The van der Waals surface area contributed by atoms with Gasteiger partial charge in [0.2, 0.25) is 0 Å². The first-order valence-corrected chi connectivity index (χ1v) is 7.33. The van der Waals surface area contributed by atoms with Crippen molar-refractivity contribution in [3.05, 3.63) is 60.2 Å². The molecule has 0 radical (unpaired) electrons. The zero-order valence-corrected chi connectivity index (χ0v) is 12.7. The van der Waals surface area contributed by atoms with Crippen LogP contribution in [-0.4, -0.2) is 19.2 Å². The normalized spacial score (nSPS) is 10.0. The summed E-state index contributed by atoms with van der Waals surface area (Å²) in [5, 5.41) is 0. The molecule has 0 aliphatic heterocycles. The molecule has 0 amide bonds. The first kappa shape index (κ1) is 15.9. The van der Waals surface area contributed by atoms with Crippen LogP contribution in [0.25, 0.3) is 0 Å². The number of esters is 1. The molecule has 2 aromatic carbocycles. The van der Waals surface area contributed by atoms with Crippen molar-refractivity contribution in [3.63, 3.8) is 0 Å². The lowest BCUT2D eigenvalue weighted by Crippen LogP contribution is -2.09. The van der Waals surface area contributed by atoms with Gasteiger partial charge in [0.05, 0.1) is 19.6 Å². The van der Waals surface area contributed by atoms with Crippen molar-refractivity contribution in [2.75, 3.05) is 13.2 Å². The molecule has 0 atom stereocenters. The Balaban J connectivity index is 1.74. The molecule has 0 saturated heterocycles. The Morgan fingerprint density at radius 3 is 2.18 bits per heavy atom. The largest absolute Gasteiger partial charge is 0.493 e. The number of carbonyl (C=O) groups excluding carboxylic acids is 1. The minimum absolute atomic E-state index is 0.245. The number of rotatable bonds is 8. The quantitative estimate of drug-likeness (QED) is 0.699. The fourth-order valence-electron chi connectivity index (χ4n) is 1.86. The van der Waals surface area contributed by atoms with Crippen LogP contribution in [0.5, 0.6) is 11.5 Å². The van der Waals surface area contributed by atoms with Crippen molar-refractivity contribution >= 4 is 5.97 Å². The van der Waals surface area contributed by atoms with E-state index in [0.29, 0.717) is 25.6 Å². The van der Waals surface area contributed by atoms with Crippen LogP contribution in [-0.2, 0) is 16.1 Å². The van der Waals surface area contributed by atoms with Crippen LogP contribution in [0.3, 0.4) is 0 Å². The maximum Gasteiger partial charge on any atom is 0.309 e. The molecule has 0 bridgehead atoms. The highest BCUT2D eigenvalue weighted by atomic mass is 16.5. The average molecular weight is 300 g/mol. The second-order valence-corrected chi connectivity index (χ2v) is 4.65. The van der Waals surface area contributed by atoms with Gasteiger partial charge in [-0.05, 0) is 36.8 Å². The summed E-state index contributed by atoms with van der Waals surface area (Å²) in [6.07, 6.45) is 0.250. The molecule has 0 spiro atoms. The van der Waals surface area contributed by atoms with Gasteiger partial charge >= 0.3 is 5.97 Å². The predicted octanol–water partition coefficient (Wildman–Crippen LogP) is 3.60. The van der Waals surface area contributed by atoms with Gasteiger partial charge in [0.15, 0.2) is 0 Å². The van der Waals surface area contributed by atoms with E-state index in [1.807, 2.05) is 54.6 Å². The summed E-state index contributed by atoms with van der Waals surface area (Å²) in [6, 6.07) is 17.3. The predicted molar refractivity (Wildman–Crippen MR) is 84.0 cm³/mol. The molecule has 0 N–H and O–H groups in total. The maximum atomic E-state index is 11.2. The molecule has 0 saturated carbocycles. The molecular formula is C18H20O4. The maximum absolute atomic E-state index is 11.2. The Labute approximate surface area is 130 Å². The Kier molecular flexibility index (Phi) is 6.30. The Morgan fingerprint density at radius 2 is 1.55 bits per heavy atom. The van der Waals surface area contributed by atoms with Crippen LogP contribution in [0.1, 0.15) is 18.9 Å². The van der Waals surface area contributed by atoms with E-state index < -0.39 is 0 Å². The summed E-state index contributed by atoms with van der Waals surface area (Å²) >= 11 is 0. The van der Waals surface area contributed by atoms with E-state index in [1.54, 1.807) is 6.92 Å².